The summed E-state index contributed by atoms with van der Waals surface area (Å²) in [6, 6.07) is 5.26. The van der Waals surface area contributed by atoms with Gasteiger partial charge in [-0.15, -0.1) is 0 Å². The Labute approximate surface area is 133 Å². The average molecular weight is 321 g/mol. The number of carbonyl (C=O) groups is 1. The molecule has 1 aliphatic rings. The van der Waals surface area contributed by atoms with Crippen molar-refractivity contribution in [2.24, 2.45) is 0 Å². The number of fused-ring (bicyclic) bond motifs is 1. The number of carbonyl (C=O) groups excluding carboxylic acids is 1. The topological polar surface area (TPSA) is 53.4 Å². The van der Waals surface area contributed by atoms with E-state index in [1.54, 1.807) is 30.7 Å². The standard InChI is InChI=1S/C16H17ClN2O3/c1-10(2)22-16(20)12-4-3-5-13(15(12)17)19-14-9-21-7-6-11(14)8-18-19/h3-5,8,10H,6-7,9H2,1-2H3. The molecule has 0 aliphatic carbocycles. The first kappa shape index (κ1) is 15.1. The summed E-state index contributed by atoms with van der Waals surface area (Å²) in [6.07, 6.45) is 2.47. The van der Waals surface area contributed by atoms with Gasteiger partial charge in [0.2, 0.25) is 0 Å². The molecule has 0 saturated carbocycles. The highest BCUT2D eigenvalue weighted by Crippen LogP contribution is 2.28. The van der Waals surface area contributed by atoms with Crippen molar-refractivity contribution in [3.8, 4) is 5.69 Å². The first-order valence-corrected chi connectivity index (χ1v) is 7.59. The third-order valence-corrected chi connectivity index (χ3v) is 3.88. The van der Waals surface area contributed by atoms with Crippen LogP contribution in [0.1, 0.15) is 35.5 Å². The largest absolute Gasteiger partial charge is 0.459 e. The van der Waals surface area contributed by atoms with Gasteiger partial charge in [0.15, 0.2) is 0 Å². The fourth-order valence-electron chi connectivity index (χ4n) is 2.45. The summed E-state index contributed by atoms with van der Waals surface area (Å²) in [5.74, 6) is -0.431. The van der Waals surface area contributed by atoms with Crippen LogP contribution in [0.4, 0.5) is 0 Å². The molecule has 3 rings (SSSR count). The highest BCUT2D eigenvalue weighted by atomic mass is 35.5. The maximum atomic E-state index is 12.1. The number of rotatable bonds is 3. The molecule has 0 saturated heterocycles. The predicted molar refractivity (Wildman–Crippen MR) is 82.5 cm³/mol. The Morgan fingerprint density at radius 1 is 1.45 bits per heavy atom. The molecule has 116 valence electrons. The lowest BCUT2D eigenvalue weighted by molar-refractivity contribution is 0.0378. The first-order chi connectivity index (χ1) is 10.6. The van der Waals surface area contributed by atoms with E-state index in [0.717, 1.165) is 17.7 Å². The number of benzene rings is 1. The van der Waals surface area contributed by atoms with E-state index in [1.807, 2.05) is 12.3 Å². The molecule has 0 spiro atoms. The molecule has 1 aromatic carbocycles. The molecule has 22 heavy (non-hydrogen) atoms. The van der Waals surface area contributed by atoms with Crippen LogP contribution < -0.4 is 0 Å². The normalized spacial score (nSPS) is 14.0. The van der Waals surface area contributed by atoms with Gasteiger partial charge in [0, 0.05) is 0 Å². The molecule has 2 aromatic rings. The van der Waals surface area contributed by atoms with Crippen molar-refractivity contribution in [1.29, 1.82) is 0 Å². The number of ether oxygens (including phenoxy) is 2. The maximum Gasteiger partial charge on any atom is 0.339 e. The Bertz CT molecular complexity index is 709. The van der Waals surface area contributed by atoms with Crippen LogP contribution in [0.5, 0.6) is 0 Å². The molecular weight excluding hydrogens is 304 g/mol. The van der Waals surface area contributed by atoms with E-state index in [-0.39, 0.29) is 6.10 Å². The Morgan fingerprint density at radius 2 is 2.27 bits per heavy atom. The van der Waals surface area contributed by atoms with Crippen molar-refractivity contribution in [1.82, 2.24) is 9.78 Å². The van der Waals surface area contributed by atoms with E-state index in [1.165, 1.54) is 0 Å². The number of nitrogens with zero attached hydrogens (tertiary/aromatic N) is 2. The number of halogens is 1. The van der Waals surface area contributed by atoms with Crippen molar-refractivity contribution < 1.29 is 14.3 Å². The Kier molecular flexibility index (Phi) is 4.18. The molecular formula is C16H17ClN2O3. The maximum absolute atomic E-state index is 12.1. The SMILES string of the molecule is CC(C)OC(=O)c1cccc(-n2ncc3c2COCC3)c1Cl. The van der Waals surface area contributed by atoms with Gasteiger partial charge in [0.1, 0.15) is 0 Å². The summed E-state index contributed by atoms with van der Waals surface area (Å²) in [5, 5.41) is 4.73. The Morgan fingerprint density at radius 3 is 3.05 bits per heavy atom. The van der Waals surface area contributed by atoms with Gasteiger partial charge < -0.3 is 9.47 Å². The molecule has 6 heteroatoms. The van der Waals surface area contributed by atoms with Crippen LogP contribution in [0.3, 0.4) is 0 Å². The molecule has 0 unspecified atom stereocenters. The quantitative estimate of drug-likeness (QED) is 0.815. The Balaban J connectivity index is 2.02. The summed E-state index contributed by atoms with van der Waals surface area (Å²) in [7, 11) is 0. The van der Waals surface area contributed by atoms with Gasteiger partial charge in [-0.3, -0.25) is 0 Å². The molecule has 1 aliphatic heterocycles. The lowest BCUT2D eigenvalue weighted by Crippen LogP contribution is -2.15. The lowest BCUT2D eigenvalue weighted by Gasteiger charge is -2.16. The van der Waals surface area contributed by atoms with Crippen molar-refractivity contribution in [3.05, 3.63) is 46.2 Å². The van der Waals surface area contributed by atoms with Gasteiger partial charge >= 0.3 is 5.97 Å². The zero-order chi connectivity index (χ0) is 15.7. The van der Waals surface area contributed by atoms with Crippen LogP contribution >= 0.6 is 11.6 Å². The summed E-state index contributed by atoms with van der Waals surface area (Å²) in [6.45, 7) is 4.80. The zero-order valence-electron chi connectivity index (χ0n) is 12.5. The lowest BCUT2D eigenvalue weighted by atomic mass is 10.1. The minimum absolute atomic E-state index is 0.196. The molecule has 0 bridgehead atoms. The van der Waals surface area contributed by atoms with Crippen LogP contribution in [0.25, 0.3) is 5.69 Å². The van der Waals surface area contributed by atoms with E-state index in [9.17, 15) is 4.79 Å². The van der Waals surface area contributed by atoms with Gasteiger partial charge in [-0.25, -0.2) is 9.48 Å². The van der Waals surface area contributed by atoms with E-state index in [0.29, 0.717) is 29.5 Å². The zero-order valence-corrected chi connectivity index (χ0v) is 13.3. The molecule has 0 atom stereocenters. The molecule has 0 amide bonds. The molecule has 0 N–H and O–H groups in total. The second kappa shape index (κ2) is 6.10. The van der Waals surface area contributed by atoms with Crippen LogP contribution in [0, 0.1) is 0 Å². The van der Waals surface area contributed by atoms with Crippen LogP contribution in [-0.4, -0.2) is 28.5 Å². The number of hydrogen-bond donors (Lipinski definition) is 0. The summed E-state index contributed by atoms with van der Waals surface area (Å²) in [5.41, 5.74) is 3.13. The summed E-state index contributed by atoms with van der Waals surface area (Å²) in [4.78, 5) is 12.1. The van der Waals surface area contributed by atoms with Gasteiger partial charge in [-0.2, -0.15) is 5.10 Å². The van der Waals surface area contributed by atoms with Crippen molar-refractivity contribution >= 4 is 17.6 Å². The van der Waals surface area contributed by atoms with Crippen molar-refractivity contribution in [2.75, 3.05) is 6.61 Å². The number of aromatic nitrogens is 2. The van der Waals surface area contributed by atoms with Gasteiger partial charge in [-0.1, -0.05) is 17.7 Å². The van der Waals surface area contributed by atoms with Crippen LogP contribution in [0.15, 0.2) is 24.4 Å². The minimum atomic E-state index is -0.431. The average Bonchev–Trinajstić information content (AvgIpc) is 2.90. The molecule has 5 nitrogen and oxygen atoms in total. The fourth-order valence-corrected chi connectivity index (χ4v) is 2.73. The number of esters is 1. The Hall–Kier alpha value is -1.85. The smallest absolute Gasteiger partial charge is 0.339 e. The summed E-state index contributed by atoms with van der Waals surface area (Å²) < 4.78 is 12.5. The second-order valence-electron chi connectivity index (χ2n) is 5.42. The van der Waals surface area contributed by atoms with E-state index < -0.39 is 5.97 Å². The molecule has 0 radical (unpaired) electrons. The van der Waals surface area contributed by atoms with Crippen molar-refractivity contribution in [2.45, 2.75) is 33.0 Å². The molecule has 2 heterocycles. The third-order valence-electron chi connectivity index (χ3n) is 3.48. The fraction of sp³-hybridized carbons (Fsp3) is 0.375. The van der Waals surface area contributed by atoms with Gasteiger partial charge in [0.05, 0.1) is 47.5 Å². The van der Waals surface area contributed by atoms with E-state index in [4.69, 9.17) is 21.1 Å². The monoisotopic (exact) mass is 320 g/mol. The van der Waals surface area contributed by atoms with Crippen LogP contribution in [0.2, 0.25) is 5.02 Å². The first-order valence-electron chi connectivity index (χ1n) is 7.21. The summed E-state index contributed by atoms with van der Waals surface area (Å²) >= 11 is 6.42. The second-order valence-corrected chi connectivity index (χ2v) is 5.80. The molecule has 1 aromatic heterocycles. The minimum Gasteiger partial charge on any atom is -0.459 e. The van der Waals surface area contributed by atoms with E-state index >= 15 is 0 Å². The predicted octanol–water partition coefficient (Wildman–Crippen LogP) is 3.16. The van der Waals surface area contributed by atoms with E-state index in [2.05, 4.69) is 5.10 Å². The number of hydrogen-bond acceptors (Lipinski definition) is 4. The van der Waals surface area contributed by atoms with Gasteiger partial charge in [-0.05, 0) is 38.0 Å². The van der Waals surface area contributed by atoms with Gasteiger partial charge in [0.25, 0.3) is 0 Å². The highest BCUT2D eigenvalue weighted by Gasteiger charge is 2.21. The highest BCUT2D eigenvalue weighted by molar-refractivity contribution is 6.35. The van der Waals surface area contributed by atoms with Crippen molar-refractivity contribution in [3.63, 3.8) is 0 Å². The van der Waals surface area contributed by atoms with Crippen LogP contribution in [-0.2, 0) is 22.5 Å². The molecule has 0 fully saturated rings. The third kappa shape index (κ3) is 2.74.